The van der Waals surface area contributed by atoms with E-state index >= 15 is 0 Å². The van der Waals surface area contributed by atoms with Gasteiger partial charge in [0.2, 0.25) is 0 Å². The molecule has 0 saturated carbocycles. The number of aliphatic hydroxyl groups is 1. The largest absolute Gasteiger partial charge is 0.379 e. The molecule has 0 heterocycles. The topological polar surface area (TPSA) is 105 Å². The van der Waals surface area contributed by atoms with Crippen molar-refractivity contribution in [2.45, 2.75) is 10.5 Å². The number of benzene rings is 4. The normalized spacial score (nSPS) is 11.8. The van der Waals surface area contributed by atoms with E-state index in [1.54, 1.807) is 91.0 Å². The zero-order chi connectivity index (χ0) is 24.7. The molecule has 0 unspecified atom stereocenters. The highest BCUT2D eigenvalue weighted by atomic mass is 32.2. The first kappa shape index (κ1) is 23.9. The molecule has 7 nitrogen and oxygen atoms in total. The summed E-state index contributed by atoms with van der Waals surface area (Å²) in [4.78, 5) is 13.1. The van der Waals surface area contributed by atoms with Crippen LogP contribution >= 0.6 is 0 Å². The summed E-state index contributed by atoms with van der Waals surface area (Å²) in [6, 6.07) is 31.2. The zero-order valence-electron chi connectivity index (χ0n) is 18.5. The zero-order valence-corrected chi connectivity index (χ0v) is 19.3. The van der Waals surface area contributed by atoms with E-state index in [2.05, 4.69) is 10.5 Å². The van der Waals surface area contributed by atoms with Crippen molar-refractivity contribution in [1.29, 1.82) is 0 Å². The van der Waals surface area contributed by atoms with Crippen LogP contribution in [0.5, 0.6) is 5.75 Å². The van der Waals surface area contributed by atoms with E-state index in [0.29, 0.717) is 16.7 Å². The highest BCUT2D eigenvalue weighted by Crippen LogP contribution is 2.29. The Bertz CT molecular complexity index is 1370. The van der Waals surface area contributed by atoms with Crippen LogP contribution in [0.1, 0.15) is 16.7 Å². The van der Waals surface area contributed by atoms with E-state index in [0.717, 1.165) is 0 Å². The predicted octanol–water partition coefficient (Wildman–Crippen LogP) is 3.84. The van der Waals surface area contributed by atoms with Crippen molar-refractivity contribution in [3.8, 4) is 5.75 Å². The van der Waals surface area contributed by atoms with Crippen molar-refractivity contribution in [2.24, 2.45) is 5.10 Å². The lowest BCUT2D eigenvalue weighted by Crippen LogP contribution is -2.43. The summed E-state index contributed by atoms with van der Waals surface area (Å²) in [6.45, 7) is 0. The summed E-state index contributed by atoms with van der Waals surface area (Å²) >= 11 is 0. The van der Waals surface area contributed by atoms with Crippen molar-refractivity contribution < 1.29 is 22.5 Å². The Morgan fingerprint density at radius 3 is 1.77 bits per heavy atom. The Labute approximate surface area is 203 Å². The maximum atomic E-state index is 13.0. The van der Waals surface area contributed by atoms with Crippen LogP contribution in [-0.2, 0) is 20.5 Å². The second-order valence-electron chi connectivity index (χ2n) is 7.56. The lowest BCUT2D eigenvalue weighted by atomic mass is 9.85. The summed E-state index contributed by atoms with van der Waals surface area (Å²) in [7, 11) is -3.94. The first-order valence-electron chi connectivity index (χ1n) is 10.7. The predicted molar refractivity (Wildman–Crippen MR) is 132 cm³/mol. The molecule has 0 aliphatic rings. The smallest absolute Gasteiger partial charge is 0.339 e. The van der Waals surface area contributed by atoms with Crippen LogP contribution in [0.3, 0.4) is 0 Å². The maximum absolute atomic E-state index is 13.0. The number of carbonyl (C=O) groups excluding carboxylic acids is 1. The third kappa shape index (κ3) is 5.46. The summed E-state index contributed by atoms with van der Waals surface area (Å²) in [5, 5.41) is 15.4. The van der Waals surface area contributed by atoms with Gasteiger partial charge in [-0.1, -0.05) is 78.9 Å². The van der Waals surface area contributed by atoms with Crippen LogP contribution in [0.4, 0.5) is 0 Å². The van der Waals surface area contributed by atoms with Gasteiger partial charge in [0.25, 0.3) is 5.91 Å². The van der Waals surface area contributed by atoms with Crippen molar-refractivity contribution in [2.75, 3.05) is 0 Å². The maximum Gasteiger partial charge on any atom is 0.339 e. The van der Waals surface area contributed by atoms with Gasteiger partial charge in [0, 0.05) is 0 Å². The molecule has 35 heavy (non-hydrogen) atoms. The van der Waals surface area contributed by atoms with Gasteiger partial charge in [0.1, 0.15) is 10.6 Å². The number of nitrogens with zero attached hydrogens (tertiary/aromatic N) is 1. The molecule has 4 aromatic rings. The van der Waals surface area contributed by atoms with Crippen LogP contribution in [-0.4, -0.2) is 25.6 Å². The van der Waals surface area contributed by atoms with Gasteiger partial charge in [-0.05, 0) is 53.1 Å². The van der Waals surface area contributed by atoms with Gasteiger partial charge in [0.15, 0.2) is 5.60 Å². The molecule has 0 fully saturated rings. The monoisotopic (exact) mass is 486 g/mol. The summed E-state index contributed by atoms with van der Waals surface area (Å²) < 4.78 is 29.8. The standard InChI is InChI=1S/C27H22N2O5S/c30-26(27(31,22-10-4-1-5-11-22)23-12-6-2-7-13-23)29-28-20-21-16-18-24(19-17-21)34-35(32,33)25-14-8-3-9-15-25/h1-20,31H,(H,29,30)/b28-20-. The molecule has 8 heteroatoms. The number of carbonyl (C=O) groups is 1. The van der Waals surface area contributed by atoms with E-state index < -0.39 is 21.6 Å². The van der Waals surface area contributed by atoms with Crippen molar-refractivity contribution in [3.05, 3.63) is 132 Å². The van der Waals surface area contributed by atoms with Crippen LogP contribution < -0.4 is 9.61 Å². The molecule has 176 valence electrons. The van der Waals surface area contributed by atoms with Crippen molar-refractivity contribution in [1.82, 2.24) is 5.43 Å². The molecular formula is C27H22N2O5S. The Hall–Kier alpha value is -4.27. The fourth-order valence-corrected chi connectivity index (χ4v) is 4.36. The van der Waals surface area contributed by atoms with Gasteiger partial charge < -0.3 is 9.29 Å². The molecule has 0 aliphatic heterocycles. The Morgan fingerprint density at radius 1 is 0.771 bits per heavy atom. The molecule has 2 N–H and O–H groups in total. The molecule has 4 rings (SSSR count). The van der Waals surface area contributed by atoms with Crippen molar-refractivity contribution >= 4 is 22.2 Å². The van der Waals surface area contributed by atoms with Crippen LogP contribution in [0.25, 0.3) is 0 Å². The van der Waals surface area contributed by atoms with Gasteiger partial charge in [0.05, 0.1) is 6.21 Å². The summed E-state index contributed by atoms with van der Waals surface area (Å²) in [5.41, 5.74) is 1.84. The highest BCUT2D eigenvalue weighted by Gasteiger charge is 2.39. The molecule has 0 radical (unpaired) electrons. The number of nitrogens with one attached hydrogen (secondary N) is 1. The second-order valence-corrected chi connectivity index (χ2v) is 9.11. The molecule has 0 saturated heterocycles. The van der Waals surface area contributed by atoms with Gasteiger partial charge in [-0.15, -0.1) is 0 Å². The van der Waals surface area contributed by atoms with E-state index in [-0.39, 0.29) is 10.6 Å². The van der Waals surface area contributed by atoms with Crippen molar-refractivity contribution in [3.63, 3.8) is 0 Å². The fourth-order valence-electron chi connectivity index (χ4n) is 3.41. The Morgan fingerprint density at radius 2 is 1.26 bits per heavy atom. The molecule has 1 amide bonds. The molecule has 0 atom stereocenters. The number of hydrogen-bond donors (Lipinski definition) is 2. The fraction of sp³-hybridized carbons (Fsp3) is 0.0370. The van der Waals surface area contributed by atoms with Gasteiger partial charge in [-0.25, -0.2) is 5.43 Å². The summed E-state index contributed by atoms with van der Waals surface area (Å²) in [5.74, 6) is -0.586. The molecule has 0 bridgehead atoms. The van der Waals surface area contributed by atoms with Gasteiger partial charge in [-0.3, -0.25) is 4.79 Å². The Balaban J connectivity index is 1.47. The van der Waals surface area contributed by atoms with Crippen LogP contribution in [0.2, 0.25) is 0 Å². The Kier molecular flexibility index (Phi) is 7.05. The van der Waals surface area contributed by atoms with Gasteiger partial charge in [-0.2, -0.15) is 13.5 Å². The average Bonchev–Trinajstić information content (AvgIpc) is 2.90. The van der Waals surface area contributed by atoms with E-state index in [1.807, 2.05) is 0 Å². The molecule has 0 aromatic heterocycles. The van der Waals surface area contributed by atoms with E-state index in [4.69, 9.17) is 4.18 Å². The number of hydrogen-bond acceptors (Lipinski definition) is 6. The average molecular weight is 487 g/mol. The molecule has 0 spiro atoms. The second kappa shape index (κ2) is 10.3. The SMILES string of the molecule is O=C(N/N=C\c1ccc(OS(=O)(=O)c2ccccc2)cc1)C(O)(c1ccccc1)c1ccccc1. The number of amides is 1. The number of rotatable bonds is 8. The first-order chi connectivity index (χ1) is 16.9. The highest BCUT2D eigenvalue weighted by molar-refractivity contribution is 7.87. The van der Waals surface area contributed by atoms with Crippen LogP contribution in [0, 0.1) is 0 Å². The number of hydrazone groups is 1. The molecule has 0 aliphatic carbocycles. The van der Waals surface area contributed by atoms with Crippen LogP contribution in [0.15, 0.2) is 125 Å². The molecule has 4 aromatic carbocycles. The lowest BCUT2D eigenvalue weighted by Gasteiger charge is -2.27. The quantitative estimate of drug-likeness (QED) is 0.224. The minimum absolute atomic E-state index is 0.0534. The first-order valence-corrected chi connectivity index (χ1v) is 12.1. The lowest BCUT2D eigenvalue weighted by molar-refractivity contribution is -0.136. The summed E-state index contributed by atoms with van der Waals surface area (Å²) in [6.07, 6.45) is 1.38. The third-order valence-corrected chi connectivity index (χ3v) is 6.47. The molecular weight excluding hydrogens is 464 g/mol. The van der Waals surface area contributed by atoms with E-state index in [9.17, 15) is 18.3 Å². The minimum Gasteiger partial charge on any atom is -0.379 e. The van der Waals surface area contributed by atoms with Gasteiger partial charge >= 0.3 is 10.1 Å². The minimum atomic E-state index is -3.94. The van der Waals surface area contributed by atoms with E-state index in [1.165, 1.54) is 30.5 Å². The third-order valence-electron chi connectivity index (χ3n) is 5.21.